The summed E-state index contributed by atoms with van der Waals surface area (Å²) >= 11 is 5.70. The van der Waals surface area contributed by atoms with E-state index in [4.69, 9.17) is 11.6 Å². The Kier molecular flexibility index (Phi) is 4.99. The van der Waals surface area contributed by atoms with Gasteiger partial charge in [0.05, 0.1) is 22.1 Å². The molecule has 0 aliphatic carbocycles. The minimum absolute atomic E-state index is 0.0638. The highest BCUT2D eigenvalue weighted by Crippen LogP contribution is 2.23. The number of nitrogens with zero attached hydrogens (tertiary/aromatic N) is 1. The number of halogens is 3. The number of nitro groups is 1. The van der Waals surface area contributed by atoms with Gasteiger partial charge in [-0.1, -0.05) is 6.92 Å². The standard InChI is InChI=1S/C12H13ClF2N2O3/c1-3-12(2,6-13)16-11(18)8-4-7(14)5-9(10(8)15)17(19)20/h4-5H,3,6H2,1-2H3,(H,16,18). The number of carbonyl (C=O) groups is 1. The predicted octanol–water partition coefficient (Wildman–Crippen LogP) is 3.01. The van der Waals surface area contributed by atoms with Gasteiger partial charge >= 0.3 is 5.69 Å². The number of rotatable bonds is 5. The second-order valence-corrected chi connectivity index (χ2v) is 4.81. The maximum Gasteiger partial charge on any atom is 0.308 e. The van der Waals surface area contributed by atoms with E-state index in [-0.39, 0.29) is 5.88 Å². The van der Waals surface area contributed by atoms with Crippen molar-refractivity contribution in [2.45, 2.75) is 25.8 Å². The van der Waals surface area contributed by atoms with E-state index in [1.54, 1.807) is 13.8 Å². The van der Waals surface area contributed by atoms with Crippen molar-refractivity contribution in [3.05, 3.63) is 39.4 Å². The zero-order chi connectivity index (χ0) is 15.5. The van der Waals surface area contributed by atoms with Crippen molar-refractivity contribution in [1.82, 2.24) is 5.32 Å². The van der Waals surface area contributed by atoms with Crippen LogP contribution in [0.1, 0.15) is 30.6 Å². The molecule has 5 nitrogen and oxygen atoms in total. The molecule has 0 radical (unpaired) electrons. The van der Waals surface area contributed by atoms with E-state index in [9.17, 15) is 23.7 Å². The molecule has 0 aliphatic heterocycles. The topological polar surface area (TPSA) is 72.2 Å². The molecule has 20 heavy (non-hydrogen) atoms. The number of nitro benzene ring substituents is 1. The lowest BCUT2D eigenvalue weighted by Crippen LogP contribution is -2.47. The molecule has 1 N–H and O–H groups in total. The predicted molar refractivity (Wildman–Crippen MR) is 69.9 cm³/mol. The summed E-state index contributed by atoms with van der Waals surface area (Å²) in [6.07, 6.45) is 0.460. The molecular weight excluding hydrogens is 294 g/mol. The maximum atomic E-state index is 13.8. The van der Waals surface area contributed by atoms with Gasteiger partial charge in [-0.25, -0.2) is 4.39 Å². The third-order valence-corrected chi connectivity index (χ3v) is 3.54. The van der Waals surface area contributed by atoms with Crippen molar-refractivity contribution < 1.29 is 18.5 Å². The molecule has 1 rings (SSSR count). The normalized spacial score (nSPS) is 13.7. The Morgan fingerprint density at radius 3 is 2.55 bits per heavy atom. The number of benzene rings is 1. The first kappa shape index (κ1) is 16.3. The van der Waals surface area contributed by atoms with Crippen molar-refractivity contribution in [3.8, 4) is 0 Å². The average molecular weight is 307 g/mol. The molecule has 0 saturated heterocycles. The van der Waals surface area contributed by atoms with Crippen LogP contribution in [0.25, 0.3) is 0 Å². The van der Waals surface area contributed by atoms with Gasteiger partial charge in [-0.3, -0.25) is 14.9 Å². The van der Waals surface area contributed by atoms with Gasteiger partial charge in [0.15, 0.2) is 0 Å². The molecule has 0 aromatic heterocycles. The monoisotopic (exact) mass is 306 g/mol. The van der Waals surface area contributed by atoms with E-state index >= 15 is 0 Å². The Balaban J connectivity index is 3.20. The summed E-state index contributed by atoms with van der Waals surface area (Å²) in [7, 11) is 0. The highest BCUT2D eigenvalue weighted by Gasteiger charge is 2.29. The molecule has 0 spiro atoms. The molecule has 0 saturated carbocycles. The summed E-state index contributed by atoms with van der Waals surface area (Å²) in [5.74, 6) is -3.32. The summed E-state index contributed by atoms with van der Waals surface area (Å²) in [4.78, 5) is 21.4. The zero-order valence-electron chi connectivity index (χ0n) is 10.9. The highest BCUT2D eigenvalue weighted by atomic mass is 35.5. The quantitative estimate of drug-likeness (QED) is 0.516. The molecule has 110 valence electrons. The molecule has 1 aromatic carbocycles. The van der Waals surface area contributed by atoms with Crippen LogP contribution in [0.15, 0.2) is 12.1 Å². The van der Waals surface area contributed by atoms with E-state index in [2.05, 4.69) is 5.32 Å². The molecule has 8 heteroatoms. The maximum absolute atomic E-state index is 13.8. The smallest absolute Gasteiger partial charge is 0.308 e. The lowest BCUT2D eigenvalue weighted by atomic mass is 10.0. The highest BCUT2D eigenvalue weighted by molar-refractivity contribution is 6.18. The lowest BCUT2D eigenvalue weighted by molar-refractivity contribution is -0.387. The molecular formula is C12H13ClF2N2O3. The van der Waals surface area contributed by atoms with Crippen molar-refractivity contribution in [3.63, 3.8) is 0 Å². The van der Waals surface area contributed by atoms with E-state index in [0.717, 1.165) is 0 Å². The van der Waals surface area contributed by atoms with Gasteiger partial charge in [-0.2, -0.15) is 4.39 Å². The molecule has 1 unspecified atom stereocenters. The van der Waals surface area contributed by atoms with Crippen molar-refractivity contribution >= 4 is 23.2 Å². The van der Waals surface area contributed by atoms with Gasteiger partial charge in [-0.15, -0.1) is 11.6 Å². The van der Waals surface area contributed by atoms with Crippen LogP contribution in [-0.2, 0) is 0 Å². The van der Waals surface area contributed by atoms with Crippen LogP contribution < -0.4 is 5.32 Å². The summed E-state index contributed by atoms with van der Waals surface area (Å²) in [6, 6.07) is 1.04. The fourth-order valence-corrected chi connectivity index (χ4v) is 1.69. The SMILES string of the molecule is CCC(C)(CCl)NC(=O)c1cc(F)cc([N+](=O)[O-])c1F. The first-order valence-corrected chi connectivity index (χ1v) is 6.29. The van der Waals surface area contributed by atoms with Gasteiger partial charge in [-0.05, 0) is 19.4 Å². The number of hydrogen-bond donors (Lipinski definition) is 1. The third-order valence-electron chi connectivity index (χ3n) is 2.95. The Labute approximate surface area is 119 Å². The number of hydrogen-bond acceptors (Lipinski definition) is 3. The summed E-state index contributed by atoms with van der Waals surface area (Å²) in [5.41, 5.74) is -2.62. The van der Waals surface area contributed by atoms with Crippen molar-refractivity contribution in [2.24, 2.45) is 0 Å². The first-order valence-electron chi connectivity index (χ1n) is 5.76. The largest absolute Gasteiger partial charge is 0.346 e. The summed E-state index contributed by atoms with van der Waals surface area (Å²) in [5, 5.41) is 13.0. The number of amides is 1. The fraction of sp³-hybridized carbons (Fsp3) is 0.417. The average Bonchev–Trinajstić information content (AvgIpc) is 2.40. The molecule has 1 atom stereocenters. The molecule has 1 aromatic rings. The van der Waals surface area contributed by atoms with Crippen LogP contribution in [0.2, 0.25) is 0 Å². The number of nitrogens with one attached hydrogen (secondary N) is 1. The first-order chi connectivity index (χ1) is 9.24. The van der Waals surface area contributed by atoms with Gasteiger partial charge in [0, 0.05) is 5.88 Å². The van der Waals surface area contributed by atoms with E-state index in [1.165, 1.54) is 0 Å². The van der Waals surface area contributed by atoms with Crippen LogP contribution in [0.4, 0.5) is 14.5 Å². The minimum atomic E-state index is -1.37. The lowest BCUT2D eigenvalue weighted by Gasteiger charge is -2.27. The Bertz CT molecular complexity index is 548. The van der Waals surface area contributed by atoms with Crippen LogP contribution in [0.5, 0.6) is 0 Å². The van der Waals surface area contributed by atoms with Crippen molar-refractivity contribution in [2.75, 3.05) is 5.88 Å². The van der Waals surface area contributed by atoms with Crippen LogP contribution in [0.3, 0.4) is 0 Å². The summed E-state index contributed by atoms with van der Waals surface area (Å²) in [6.45, 7) is 3.39. The van der Waals surface area contributed by atoms with Gasteiger partial charge in [0.1, 0.15) is 5.82 Å². The van der Waals surface area contributed by atoms with Crippen LogP contribution >= 0.6 is 11.6 Å². The Morgan fingerprint density at radius 1 is 1.50 bits per heavy atom. The van der Waals surface area contributed by atoms with E-state index < -0.39 is 39.3 Å². The van der Waals surface area contributed by atoms with Gasteiger partial charge < -0.3 is 5.32 Å². The summed E-state index contributed by atoms with van der Waals surface area (Å²) < 4.78 is 27.1. The second-order valence-electron chi connectivity index (χ2n) is 4.55. The Morgan fingerprint density at radius 2 is 2.10 bits per heavy atom. The molecule has 0 fully saturated rings. The minimum Gasteiger partial charge on any atom is -0.346 e. The number of carbonyl (C=O) groups excluding carboxylic acids is 1. The molecule has 0 heterocycles. The Hall–Kier alpha value is -1.76. The van der Waals surface area contributed by atoms with Gasteiger partial charge in [0.2, 0.25) is 5.82 Å². The van der Waals surface area contributed by atoms with Gasteiger partial charge in [0.25, 0.3) is 5.91 Å². The van der Waals surface area contributed by atoms with E-state index in [1.807, 2.05) is 0 Å². The molecule has 0 aliphatic rings. The van der Waals surface area contributed by atoms with E-state index in [0.29, 0.717) is 18.6 Å². The third kappa shape index (κ3) is 3.41. The van der Waals surface area contributed by atoms with Crippen LogP contribution in [0, 0.1) is 21.7 Å². The van der Waals surface area contributed by atoms with Crippen molar-refractivity contribution in [1.29, 1.82) is 0 Å². The second kappa shape index (κ2) is 6.13. The fourth-order valence-electron chi connectivity index (χ4n) is 1.43. The number of alkyl halides is 1. The molecule has 0 bridgehead atoms. The van der Waals surface area contributed by atoms with Crippen LogP contribution in [-0.4, -0.2) is 22.2 Å². The zero-order valence-corrected chi connectivity index (χ0v) is 11.6. The molecule has 1 amide bonds.